The van der Waals surface area contributed by atoms with Crippen LogP contribution in [0.1, 0.15) is 26.7 Å². The summed E-state index contributed by atoms with van der Waals surface area (Å²) in [5.41, 5.74) is 6.44. The Kier molecular flexibility index (Phi) is 5.84. The quantitative estimate of drug-likeness (QED) is 0.740. The van der Waals surface area contributed by atoms with Crippen LogP contribution in [0.4, 0.5) is 5.69 Å². The molecule has 0 fully saturated rings. The highest BCUT2D eigenvalue weighted by Gasteiger charge is 2.09. The molecule has 0 aliphatic heterocycles. The Labute approximate surface area is 105 Å². The summed E-state index contributed by atoms with van der Waals surface area (Å²) in [6.07, 6.45) is 2.37. The maximum atomic E-state index is 5.69. The van der Waals surface area contributed by atoms with Gasteiger partial charge in [-0.05, 0) is 32.0 Å². The maximum Gasteiger partial charge on any atom is 0.121 e. The molecule has 0 saturated heterocycles. The fraction of sp³-hybridized carbons (Fsp3) is 0.571. The normalized spacial score (nSPS) is 11.1. The topological polar surface area (TPSA) is 38.5 Å². The molecule has 96 valence electrons. The summed E-state index contributed by atoms with van der Waals surface area (Å²) in [6, 6.07) is 8.22. The summed E-state index contributed by atoms with van der Waals surface area (Å²) in [6.45, 7) is 6.10. The van der Waals surface area contributed by atoms with Gasteiger partial charge >= 0.3 is 0 Å². The Morgan fingerprint density at radius 1 is 1.29 bits per heavy atom. The molecule has 1 aromatic rings. The van der Waals surface area contributed by atoms with Crippen LogP contribution in [0.3, 0.4) is 0 Å². The average molecular weight is 236 g/mol. The van der Waals surface area contributed by atoms with Gasteiger partial charge < -0.3 is 15.4 Å². The van der Waals surface area contributed by atoms with Crippen molar-refractivity contribution >= 4 is 5.69 Å². The van der Waals surface area contributed by atoms with E-state index in [2.05, 4.69) is 25.8 Å². The summed E-state index contributed by atoms with van der Waals surface area (Å²) in [7, 11) is 2.15. The number of nitrogens with two attached hydrogens (primary N) is 1. The van der Waals surface area contributed by atoms with E-state index in [9.17, 15) is 0 Å². The van der Waals surface area contributed by atoms with Crippen molar-refractivity contribution < 1.29 is 4.74 Å². The van der Waals surface area contributed by atoms with Crippen LogP contribution in [0.2, 0.25) is 0 Å². The minimum Gasteiger partial charge on any atom is -0.492 e. The average Bonchev–Trinajstić information content (AvgIpc) is 2.30. The van der Waals surface area contributed by atoms with Gasteiger partial charge in [-0.15, -0.1) is 0 Å². The van der Waals surface area contributed by atoms with Gasteiger partial charge in [-0.1, -0.05) is 19.9 Å². The molecular weight excluding hydrogens is 212 g/mol. The molecule has 3 nitrogen and oxygen atoms in total. The maximum absolute atomic E-state index is 5.69. The molecule has 0 aliphatic rings. The number of rotatable bonds is 7. The van der Waals surface area contributed by atoms with Crippen molar-refractivity contribution in [1.82, 2.24) is 4.90 Å². The van der Waals surface area contributed by atoms with E-state index in [-0.39, 0.29) is 0 Å². The van der Waals surface area contributed by atoms with Crippen LogP contribution in [0.25, 0.3) is 0 Å². The fourth-order valence-corrected chi connectivity index (χ4v) is 2.01. The van der Waals surface area contributed by atoms with Crippen LogP contribution in [0.5, 0.6) is 5.75 Å². The number of benzene rings is 1. The minimum absolute atomic E-state index is 0.652. The molecular formula is C14H24N2O. The molecule has 2 N–H and O–H groups in total. The molecule has 1 rings (SSSR count). The van der Waals surface area contributed by atoms with Gasteiger partial charge in [0.15, 0.2) is 0 Å². The number of hydrogen-bond donors (Lipinski definition) is 1. The first-order valence-electron chi connectivity index (χ1n) is 6.36. The molecule has 0 atom stereocenters. The van der Waals surface area contributed by atoms with Gasteiger partial charge in [0.1, 0.15) is 12.4 Å². The predicted octanol–water partition coefficient (Wildman–Crippen LogP) is 2.77. The van der Waals surface area contributed by atoms with Crippen molar-refractivity contribution in [2.45, 2.75) is 32.7 Å². The molecule has 0 spiro atoms. The monoisotopic (exact) mass is 236 g/mol. The number of likely N-dealkylation sites (N-methyl/N-ethyl adjacent to an activating group) is 1. The van der Waals surface area contributed by atoms with Crippen LogP contribution in [0, 0.1) is 0 Å². The van der Waals surface area contributed by atoms with Gasteiger partial charge in [0, 0.05) is 24.3 Å². The summed E-state index contributed by atoms with van der Waals surface area (Å²) in [4.78, 5) is 2.35. The number of nitrogen functional groups attached to an aromatic ring is 1. The van der Waals surface area contributed by atoms with Gasteiger partial charge in [0.2, 0.25) is 0 Å². The van der Waals surface area contributed by atoms with Crippen molar-refractivity contribution in [3.63, 3.8) is 0 Å². The summed E-state index contributed by atoms with van der Waals surface area (Å²) in [5.74, 6) is 0.850. The number of anilines is 1. The Hall–Kier alpha value is -1.22. The molecule has 3 heteroatoms. The number of hydrogen-bond acceptors (Lipinski definition) is 3. The Bertz CT molecular complexity index is 324. The molecule has 0 aliphatic carbocycles. The third-order valence-corrected chi connectivity index (χ3v) is 3.14. The first-order valence-corrected chi connectivity index (χ1v) is 6.36. The lowest BCUT2D eigenvalue weighted by molar-refractivity contribution is 0.183. The highest BCUT2D eigenvalue weighted by Crippen LogP contribution is 2.14. The highest BCUT2D eigenvalue weighted by atomic mass is 16.5. The molecule has 0 amide bonds. The fourth-order valence-electron chi connectivity index (χ4n) is 2.01. The van der Waals surface area contributed by atoms with E-state index in [1.54, 1.807) is 0 Å². The van der Waals surface area contributed by atoms with Crippen molar-refractivity contribution in [2.75, 3.05) is 25.9 Å². The van der Waals surface area contributed by atoms with E-state index < -0.39 is 0 Å². The van der Waals surface area contributed by atoms with E-state index in [0.717, 1.165) is 18.0 Å². The number of nitrogens with zero attached hydrogens (tertiary/aromatic N) is 1. The van der Waals surface area contributed by atoms with Crippen LogP contribution >= 0.6 is 0 Å². The Morgan fingerprint density at radius 2 is 2.00 bits per heavy atom. The van der Waals surface area contributed by atoms with Crippen molar-refractivity contribution in [3.8, 4) is 5.75 Å². The van der Waals surface area contributed by atoms with Gasteiger partial charge in [0.05, 0.1) is 0 Å². The van der Waals surface area contributed by atoms with Gasteiger partial charge in [0.25, 0.3) is 0 Å². The lowest BCUT2D eigenvalue weighted by Crippen LogP contribution is -2.33. The van der Waals surface area contributed by atoms with Crippen LogP contribution in [0.15, 0.2) is 24.3 Å². The second kappa shape index (κ2) is 7.17. The minimum atomic E-state index is 0.652. The predicted molar refractivity (Wildman–Crippen MR) is 73.3 cm³/mol. The molecule has 0 unspecified atom stereocenters. The molecule has 17 heavy (non-hydrogen) atoms. The lowest BCUT2D eigenvalue weighted by Gasteiger charge is -2.25. The van der Waals surface area contributed by atoms with Crippen LogP contribution in [-0.4, -0.2) is 31.1 Å². The summed E-state index contributed by atoms with van der Waals surface area (Å²) in [5, 5.41) is 0. The third-order valence-electron chi connectivity index (χ3n) is 3.14. The smallest absolute Gasteiger partial charge is 0.121 e. The van der Waals surface area contributed by atoms with E-state index in [1.807, 2.05) is 24.3 Å². The first-order chi connectivity index (χ1) is 8.17. The third kappa shape index (κ3) is 4.65. The lowest BCUT2D eigenvalue weighted by atomic mass is 10.1. The molecule has 0 heterocycles. The number of ether oxygens (including phenoxy) is 1. The van der Waals surface area contributed by atoms with Gasteiger partial charge in [-0.3, -0.25) is 0 Å². The second-order valence-electron chi connectivity index (χ2n) is 4.37. The Morgan fingerprint density at radius 3 is 2.59 bits per heavy atom. The van der Waals surface area contributed by atoms with Crippen LogP contribution in [-0.2, 0) is 0 Å². The van der Waals surface area contributed by atoms with Crippen molar-refractivity contribution in [2.24, 2.45) is 0 Å². The van der Waals surface area contributed by atoms with Gasteiger partial charge in [-0.2, -0.15) is 0 Å². The first kappa shape index (κ1) is 13.8. The SMILES string of the molecule is CCC(CC)N(C)CCOc1cccc(N)c1. The van der Waals surface area contributed by atoms with E-state index in [1.165, 1.54) is 12.8 Å². The summed E-state index contributed by atoms with van der Waals surface area (Å²) < 4.78 is 5.67. The standard InChI is InChI=1S/C14H24N2O/c1-4-13(5-2)16(3)9-10-17-14-8-6-7-12(15)11-14/h6-8,11,13H,4-5,9-10,15H2,1-3H3. The Balaban J connectivity index is 2.32. The zero-order valence-corrected chi connectivity index (χ0v) is 11.1. The zero-order valence-electron chi connectivity index (χ0n) is 11.1. The molecule has 1 aromatic carbocycles. The van der Waals surface area contributed by atoms with E-state index in [0.29, 0.717) is 12.6 Å². The molecule has 0 radical (unpaired) electrons. The van der Waals surface area contributed by atoms with Crippen molar-refractivity contribution in [3.05, 3.63) is 24.3 Å². The van der Waals surface area contributed by atoms with Gasteiger partial charge in [-0.25, -0.2) is 0 Å². The van der Waals surface area contributed by atoms with Crippen molar-refractivity contribution in [1.29, 1.82) is 0 Å². The summed E-state index contributed by atoms with van der Waals surface area (Å²) >= 11 is 0. The highest BCUT2D eigenvalue weighted by molar-refractivity contribution is 5.43. The van der Waals surface area contributed by atoms with E-state index >= 15 is 0 Å². The van der Waals surface area contributed by atoms with Crippen LogP contribution < -0.4 is 10.5 Å². The second-order valence-corrected chi connectivity index (χ2v) is 4.37. The molecule has 0 aromatic heterocycles. The zero-order chi connectivity index (χ0) is 12.7. The largest absolute Gasteiger partial charge is 0.492 e. The van der Waals surface area contributed by atoms with E-state index in [4.69, 9.17) is 10.5 Å². The molecule has 0 bridgehead atoms. The molecule has 0 saturated carbocycles.